The van der Waals surface area contributed by atoms with Gasteiger partial charge in [-0.15, -0.1) is 0 Å². The fourth-order valence-corrected chi connectivity index (χ4v) is 2.21. The SMILES string of the molecule is NC1(c2cccc(Cl)c2CF)CCC1. The van der Waals surface area contributed by atoms with Gasteiger partial charge in [-0.25, -0.2) is 4.39 Å². The highest BCUT2D eigenvalue weighted by Crippen LogP contribution is 2.41. The van der Waals surface area contributed by atoms with Crippen molar-refractivity contribution < 1.29 is 4.39 Å². The van der Waals surface area contributed by atoms with E-state index in [1.54, 1.807) is 6.07 Å². The Morgan fingerprint density at radius 3 is 2.64 bits per heavy atom. The van der Waals surface area contributed by atoms with Crippen molar-refractivity contribution in [3.63, 3.8) is 0 Å². The first-order valence-corrected chi connectivity index (χ1v) is 5.18. The Bertz CT molecular complexity index is 347. The average Bonchev–Trinajstić information content (AvgIpc) is 2.14. The summed E-state index contributed by atoms with van der Waals surface area (Å²) in [6.45, 7) is -0.534. The first kappa shape index (κ1) is 9.94. The molecule has 0 atom stereocenters. The minimum atomic E-state index is -0.534. The number of nitrogens with two attached hydrogens (primary N) is 1. The summed E-state index contributed by atoms with van der Waals surface area (Å²) in [5, 5.41) is 0.488. The molecule has 2 rings (SSSR count). The Hall–Kier alpha value is -0.600. The molecule has 0 saturated heterocycles. The molecule has 1 saturated carbocycles. The Kier molecular flexibility index (Phi) is 2.50. The summed E-state index contributed by atoms with van der Waals surface area (Å²) in [4.78, 5) is 0. The van der Waals surface area contributed by atoms with E-state index in [0.717, 1.165) is 24.8 Å². The number of hydrogen-bond donors (Lipinski definition) is 1. The van der Waals surface area contributed by atoms with Crippen molar-refractivity contribution in [1.29, 1.82) is 0 Å². The molecular formula is C11H13ClFN. The van der Waals surface area contributed by atoms with Gasteiger partial charge in [0.2, 0.25) is 0 Å². The first-order chi connectivity index (χ1) is 6.67. The number of benzene rings is 1. The highest BCUT2D eigenvalue weighted by atomic mass is 35.5. The molecule has 1 nitrogen and oxygen atoms in total. The van der Waals surface area contributed by atoms with Crippen LogP contribution in [0.3, 0.4) is 0 Å². The second kappa shape index (κ2) is 3.52. The van der Waals surface area contributed by atoms with Gasteiger partial charge < -0.3 is 5.73 Å². The minimum absolute atomic E-state index is 0.327. The molecule has 1 aliphatic carbocycles. The van der Waals surface area contributed by atoms with Crippen LogP contribution in [0.5, 0.6) is 0 Å². The zero-order chi connectivity index (χ0) is 10.2. The van der Waals surface area contributed by atoms with E-state index < -0.39 is 6.67 Å². The van der Waals surface area contributed by atoms with E-state index in [1.165, 1.54) is 0 Å². The molecule has 0 heterocycles. The summed E-state index contributed by atoms with van der Waals surface area (Å²) in [5.74, 6) is 0. The van der Waals surface area contributed by atoms with Crippen LogP contribution in [-0.2, 0) is 12.2 Å². The van der Waals surface area contributed by atoms with E-state index in [9.17, 15) is 4.39 Å². The first-order valence-electron chi connectivity index (χ1n) is 4.80. The maximum atomic E-state index is 12.8. The van der Waals surface area contributed by atoms with Crippen LogP contribution in [0.15, 0.2) is 18.2 Å². The van der Waals surface area contributed by atoms with E-state index in [4.69, 9.17) is 17.3 Å². The van der Waals surface area contributed by atoms with Crippen molar-refractivity contribution in [2.45, 2.75) is 31.5 Å². The molecular weight excluding hydrogens is 201 g/mol. The van der Waals surface area contributed by atoms with Crippen LogP contribution in [0.2, 0.25) is 5.02 Å². The summed E-state index contributed by atoms with van der Waals surface area (Å²) < 4.78 is 12.8. The van der Waals surface area contributed by atoms with Crippen LogP contribution in [0.1, 0.15) is 30.4 Å². The van der Waals surface area contributed by atoms with Crippen molar-refractivity contribution >= 4 is 11.6 Å². The fourth-order valence-electron chi connectivity index (χ4n) is 1.99. The molecule has 76 valence electrons. The summed E-state index contributed by atoms with van der Waals surface area (Å²) in [5.41, 5.74) is 7.27. The third-order valence-electron chi connectivity index (χ3n) is 3.03. The molecule has 14 heavy (non-hydrogen) atoms. The number of alkyl halides is 1. The fraction of sp³-hybridized carbons (Fsp3) is 0.455. The molecule has 0 aromatic heterocycles. The van der Waals surface area contributed by atoms with E-state index in [-0.39, 0.29) is 5.54 Å². The molecule has 1 aromatic rings. The standard InChI is InChI=1S/C11H13ClFN/c12-10-4-1-3-9(8(10)7-13)11(14)5-2-6-11/h1,3-4H,2,5-7,14H2. The number of halogens is 2. The van der Waals surface area contributed by atoms with Crippen molar-refractivity contribution in [1.82, 2.24) is 0 Å². The third-order valence-corrected chi connectivity index (χ3v) is 3.39. The molecule has 0 amide bonds. The lowest BCUT2D eigenvalue weighted by molar-refractivity contribution is 0.249. The Morgan fingerprint density at radius 1 is 1.43 bits per heavy atom. The average molecular weight is 214 g/mol. The topological polar surface area (TPSA) is 26.0 Å². The van der Waals surface area contributed by atoms with Crippen LogP contribution in [0.4, 0.5) is 4.39 Å². The Morgan fingerprint density at radius 2 is 2.14 bits per heavy atom. The van der Waals surface area contributed by atoms with Crippen molar-refractivity contribution in [3.05, 3.63) is 34.3 Å². The third kappa shape index (κ3) is 1.43. The highest BCUT2D eigenvalue weighted by molar-refractivity contribution is 6.31. The molecule has 3 heteroatoms. The monoisotopic (exact) mass is 213 g/mol. The highest BCUT2D eigenvalue weighted by Gasteiger charge is 2.36. The summed E-state index contributed by atoms with van der Waals surface area (Å²) in [6.07, 6.45) is 2.98. The van der Waals surface area contributed by atoms with Gasteiger partial charge in [-0.1, -0.05) is 23.7 Å². The normalized spacial score (nSPS) is 19.1. The Labute approximate surface area is 88.1 Å². The molecule has 0 radical (unpaired) electrons. The van der Waals surface area contributed by atoms with Gasteiger partial charge in [-0.2, -0.15) is 0 Å². The van der Waals surface area contributed by atoms with Crippen LogP contribution in [-0.4, -0.2) is 0 Å². The van der Waals surface area contributed by atoms with Gasteiger partial charge in [0.1, 0.15) is 6.67 Å². The van der Waals surface area contributed by atoms with Gasteiger partial charge in [0.15, 0.2) is 0 Å². The summed E-state index contributed by atoms with van der Waals surface area (Å²) in [6, 6.07) is 5.44. The molecule has 0 spiro atoms. The van der Waals surface area contributed by atoms with Crippen LogP contribution >= 0.6 is 11.6 Å². The van der Waals surface area contributed by atoms with Gasteiger partial charge in [0.05, 0.1) is 0 Å². The maximum absolute atomic E-state index is 12.8. The second-order valence-corrected chi connectivity index (χ2v) is 4.32. The molecule has 0 unspecified atom stereocenters. The molecule has 2 N–H and O–H groups in total. The molecule has 1 fully saturated rings. The van der Waals surface area contributed by atoms with Crippen LogP contribution in [0, 0.1) is 0 Å². The van der Waals surface area contributed by atoms with E-state index >= 15 is 0 Å². The van der Waals surface area contributed by atoms with Gasteiger partial charge in [-0.3, -0.25) is 0 Å². The quantitative estimate of drug-likeness (QED) is 0.803. The maximum Gasteiger partial charge on any atom is 0.116 e. The largest absolute Gasteiger partial charge is 0.321 e. The van der Waals surface area contributed by atoms with Crippen LogP contribution in [0.25, 0.3) is 0 Å². The molecule has 0 bridgehead atoms. The number of hydrogen-bond acceptors (Lipinski definition) is 1. The van der Waals surface area contributed by atoms with Gasteiger partial charge in [0, 0.05) is 16.1 Å². The second-order valence-electron chi connectivity index (χ2n) is 3.91. The van der Waals surface area contributed by atoms with E-state index in [2.05, 4.69) is 0 Å². The van der Waals surface area contributed by atoms with Gasteiger partial charge in [0.25, 0.3) is 0 Å². The molecule has 1 aliphatic rings. The smallest absolute Gasteiger partial charge is 0.116 e. The molecule has 0 aliphatic heterocycles. The van der Waals surface area contributed by atoms with Crippen LogP contribution < -0.4 is 5.73 Å². The minimum Gasteiger partial charge on any atom is -0.321 e. The summed E-state index contributed by atoms with van der Waals surface area (Å²) in [7, 11) is 0. The van der Waals surface area contributed by atoms with Crippen molar-refractivity contribution in [2.75, 3.05) is 0 Å². The lowest BCUT2D eigenvalue weighted by Gasteiger charge is -2.39. The predicted octanol–water partition coefficient (Wildman–Crippen LogP) is 3.15. The lowest BCUT2D eigenvalue weighted by Crippen LogP contribution is -2.44. The van der Waals surface area contributed by atoms with Crippen molar-refractivity contribution in [3.8, 4) is 0 Å². The Balaban J connectivity index is 2.46. The van der Waals surface area contributed by atoms with E-state index in [0.29, 0.717) is 10.6 Å². The lowest BCUT2D eigenvalue weighted by atomic mass is 9.71. The zero-order valence-electron chi connectivity index (χ0n) is 7.89. The van der Waals surface area contributed by atoms with Crippen molar-refractivity contribution in [2.24, 2.45) is 5.73 Å². The molecule has 1 aromatic carbocycles. The zero-order valence-corrected chi connectivity index (χ0v) is 8.65. The summed E-state index contributed by atoms with van der Waals surface area (Å²) >= 11 is 5.92. The van der Waals surface area contributed by atoms with E-state index in [1.807, 2.05) is 12.1 Å². The van der Waals surface area contributed by atoms with Gasteiger partial charge >= 0.3 is 0 Å². The van der Waals surface area contributed by atoms with Gasteiger partial charge in [-0.05, 0) is 30.9 Å². The number of rotatable bonds is 2. The predicted molar refractivity (Wildman–Crippen MR) is 56.0 cm³/mol.